The van der Waals surface area contributed by atoms with E-state index in [-0.39, 0.29) is 30.3 Å². The number of ketones is 2. The molecule has 25 heavy (non-hydrogen) atoms. The average Bonchev–Trinajstić information content (AvgIpc) is 2.84. The maximum Gasteiger partial charge on any atom is 0.182 e. The molecule has 0 amide bonds. The molecule has 1 aromatic rings. The van der Waals surface area contributed by atoms with Gasteiger partial charge in [0.2, 0.25) is 0 Å². The molecule has 132 valence electrons. The van der Waals surface area contributed by atoms with Crippen LogP contribution in [0.5, 0.6) is 5.75 Å². The van der Waals surface area contributed by atoms with Gasteiger partial charge in [-0.25, -0.2) is 0 Å². The summed E-state index contributed by atoms with van der Waals surface area (Å²) in [5.74, 6) is 0.907. The standard InChI is InChI=1S/C20H22ClNO3/c1-13-10-16(21)20(22-12-13)18(24)7-6-17(23)14-5-8-19-15(11-14)4-2-3-9-25-19/h5,8,11-13H,2-4,6-7,9-10H2,1H3/t13-/m1/s1. The summed E-state index contributed by atoms with van der Waals surface area (Å²) in [6.07, 6.45) is 5.68. The van der Waals surface area contributed by atoms with Crippen LogP contribution in [0.25, 0.3) is 0 Å². The zero-order chi connectivity index (χ0) is 17.8. The van der Waals surface area contributed by atoms with E-state index in [1.807, 2.05) is 19.1 Å². The third kappa shape index (κ3) is 4.37. The van der Waals surface area contributed by atoms with E-state index < -0.39 is 0 Å². The van der Waals surface area contributed by atoms with Crippen molar-refractivity contribution in [3.63, 3.8) is 0 Å². The first-order chi connectivity index (χ1) is 12.0. The van der Waals surface area contributed by atoms with Gasteiger partial charge in [0.1, 0.15) is 11.4 Å². The second kappa shape index (κ2) is 7.96. The highest BCUT2D eigenvalue weighted by atomic mass is 35.5. The number of hydrogen-bond donors (Lipinski definition) is 0. The van der Waals surface area contributed by atoms with Gasteiger partial charge in [0, 0.05) is 29.7 Å². The van der Waals surface area contributed by atoms with Crippen LogP contribution in [0.15, 0.2) is 33.9 Å². The third-order valence-corrected chi connectivity index (χ3v) is 4.87. The van der Waals surface area contributed by atoms with Crippen molar-refractivity contribution in [3.05, 3.63) is 40.1 Å². The predicted molar refractivity (Wildman–Crippen MR) is 98.6 cm³/mol. The second-order valence-electron chi connectivity index (χ2n) is 6.69. The Morgan fingerprint density at radius 3 is 2.84 bits per heavy atom. The SMILES string of the molecule is C[C@H]1C=NC(C(=O)CCC(=O)c2ccc3c(c2)CCCCO3)=C(Cl)C1. The van der Waals surface area contributed by atoms with Crippen LogP contribution < -0.4 is 4.74 Å². The van der Waals surface area contributed by atoms with Gasteiger partial charge in [0.25, 0.3) is 0 Å². The molecule has 0 N–H and O–H groups in total. The van der Waals surface area contributed by atoms with Crippen LogP contribution in [-0.2, 0) is 11.2 Å². The van der Waals surface area contributed by atoms with E-state index in [0.717, 1.165) is 37.2 Å². The minimum absolute atomic E-state index is 0.0368. The number of carbonyl (C=O) groups is 2. The lowest BCUT2D eigenvalue weighted by atomic mass is 9.98. The maximum atomic E-state index is 12.5. The number of nitrogens with zero attached hydrogens (tertiary/aromatic N) is 1. The lowest BCUT2D eigenvalue weighted by molar-refractivity contribution is -0.115. The first kappa shape index (κ1) is 17.9. The van der Waals surface area contributed by atoms with Gasteiger partial charge < -0.3 is 4.74 Å². The molecule has 2 aliphatic heterocycles. The molecule has 1 aromatic carbocycles. The Morgan fingerprint density at radius 1 is 1.24 bits per heavy atom. The number of carbonyl (C=O) groups excluding carboxylic acids is 2. The monoisotopic (exact) mass is 359 g/mol. The van der Waals surface area contributed by atoms with Crippen LogP contribution in [0.4, 0.5) is 0 Å². The van der Waals surface area contributed by atoms with Crippen molar-refractivity contribution in [3.8, 4) is 5.75 Å². The normalized spacial score (nSPS) is 19.8. The minimum Gasteiger partial charge on any atom is -0.493 e. The Labute approximate surface area is 152 Å². The lowest BCUT2D eigenvalue weighted by Gasteiger charge is -2.13. The molecule has 1 atom stereocenters. The van der Waals surface area contributed by atoms with Crippen LogP contribution >= 0.6 is 11.6 Å². The van der Waals surface area contributed by atoms with E-state index in [4.69, 9.17) is 16.3 Å². The van der Waals surface area contributed by atoms with Crippen molar-refractivity contribution in [2.24, 2.45) is 10.9 Å². The summed E-state index contributed by atoms with van der Waals surface area (Å²) < 4.78 is 5.68. The highest BCUT2D eigenvalue weighted by molar-refractivity contribution is 6.32. The fraction of sp³-hybridized carbons (Fsp3) is 0.450. The van der Waals surface area contributed by atoms with Crippen LogP contribution in [0.1, 0.15) is 54.9 Å². The summed E-state index contributed by atoms with van der Waals surface area (Å²) >= 11 is 6.15. The number of aryl methyl sites for hydroxylation is 1. The van der Waals surface area contributed by atoms with Crippen molar-refractivity contribution in [2.45, 2.75) is 45.4 Å². The van der Waals surface area contributed by atoms with E-state index >= 15 is 0 Å². The highest BCUT2D eigenvalue weighted by Crippen LogP contribution is 2.27. The Morgan fingerprint density at radius 2 is 2.04 bits per heavy atom. The number of Topliss-reactive ketones (excluding diaryl/α,β-unsaturated/α-hetero) is 2. The highest BCUT2D eigenvalue weighted by Gasteiger charge is 2.20. The van der Waals surface area contributed by atoms with Gasteiger partial charge in [-0.3, -0.25) is 14.6 Å². The molecule has 3 rings (SSSR count). The summed E-state index contributed by atoms with van der Waals surface area (Å²) in [6, 6.07) is 5.55. The van der Waals surface area contributed by atoms with Crippen LogP contribution in [-0.4, -0.2) is 24.4 Å². The van der Waals surface area contributed by atoms with Gasteiger partial charge in [-0.1, -0.05) is 18.5 Å². The van der Waals surface area contributed by atoms with Crippen molar-refractivity contribution in [2.75, 3.05) is 6.61 Å². The fourth-order valence-electron chi connectivity index (χ4n) is 3.11. The Hall–Kier alpha value is -1.94. The van der Waals surface area contributed by atoms with E-state index in [1.165, 1.54) is 0 Å². The van der Waals surface area contributed by atoms with Crippen molar-refractivity contribution in [1.82, 2.24) is 0 Å². The molecule has 0 saturated carbocycles. The second-order valence-corrected chi connectivity index (χ2v) is 7.14. The molecule has 0 aliphatic carbocycles. The van der Waals surface area contributed by atoms with Gasteiger partial charge in [0.05, 0.1) is 6.61 Å². The number of aliphatic imine (C=N–C) groups is 1. The molecular weight excluding hydrogens is 338 g/mol. The Balaban J connectivity index is 1.63. The molecule has 0 fully saturated rings. The number of ether oxygens (including phenoxy) is 1. The average molecular weight is 360 g/mol. The van der Waals surface area contributed by atoms with E-state index in [9.17, 15) is 9.59 Å². The number of rotatable bonds is 5. The van der Waals surface area contributed by atoms with Gasteiger partial charge >= 0.3 is 0 Å². The molecule has 5 heteroatoms. The smallest absolute Gasteiger partial charge is 0.182 e. The third-order valence-electron chi connectivity index (χ3n) is 4.54. The maximum absolute atomic E-state index is 12.5. The Kier molecular flexibility index (Phi) is 5.69. The summed E-state index contributed by atoms with van der Waals surface area (Å²) in [7, 11) is 0. The number of halogens is 1. The van der Waals surface area contributed by atoms with Crippen LogP contribution in [0, 0.1) is 5.92 Å². The fourth-order valence-corrected chi connectivity index (χ4v) is 3.50. The molecule has 0 spiro atoms. The quantitative estimate of drug-likeness (QED) is 0.727. The largest absolute Gasteiger partial charge is 0.493 e. The summed E-state index contributed by atoms with van der Waals surface area (Å²) in [5.41, 5.74) is 2.02. The van der Waals surface area contributed by atoms with E-state index in [2.05, 4.69) is 4.99 Å². The molecule has 0 saturated heterocycles. The van der Waals surface area contributed by atoms with Gasteiger partial charge in [-0.05, 0) is 55.4 Å². The number of allylic oxidation sites excluding steroid dienone is 2. The number of benzene rings is 1. The van der Waals surface area contributed by atoms with Crippen molar-refractivity contribution in [1.29, 1.82) is 0 Å². The van der Waals surface area contributed by atoms with Crippen LogP contribution in [0.2, 0.25) is 0 Å². The van der Waals surface area contributed by atoms with Gasteiger partial charge in [-0.2, -0.15) is 0 Å². The lowest BCUT2D eigenvalue weighted by Crippen LogP contribution is -2.12. The van der Waals surface area contributed by atoms with Crippen molar-refractivity contribution < 1.29 is 14.3 Å². The summed E-state index contributed by atoms with van der Waals surface area (Å²) in [4.78, 5) is 28.9. The molecular formula is C20H22ClNO3. The predicted octanol–water partition coefficient (Wildman–Crippen LogP) is 4.49. The first-order valence-corrected chi connectivity index (χ1v) is 9.17. The van der Waals surface area contributed by atoms with E-state index in [1.54, 1.807) is 12.3 Å². The van der Waals surface area contributed by atoms with Gasteiger partial charge in [0.15, 0.2) is 11.6 Å². The summed E-state index contributed by atoms with van der Waals surface area (Å²) in [5, 5.41) is 0.495. The molecule has 2 heterocycles. The zero-order valence-corrected chi connectivity index (χ0v) is 15.1. The topological polar surface area (TPSA) is 55.7 Å². The minimum atomic E-state index is -0.167. The molecule has 0 bridgehead atoms. The van der Waals surface area contributed by atoms with E-state index in [0.29, 0.717) is 22.7 Å². The molecule has 4 nitrogen and oxygen atoms in total. The molecule has 2 aliphatic rings. The molecule has 0 radical (unpaired) electrons. The van der Waals surface area contributed by atoms with Crippen LogP contribution in [0.3, 0.4) is 0 Å². The van der Waals surface area contributed by atoms with Crippen molar-refractivity contribution >= 4 is 29.4 Å². The number of fused-ring (bicyclic) bond motifs is 1. The molecule has 0 aromatic heterocycles. The zero-order valence-electron chi connectivity index (χ0n) is 14.4. The Bertz CT molecular complexity index is 751. The first-order valence-electron chi connectivity index (χ1n) is 8.79. The molecule has 0 unspecified atom stereocenters. The number of hydrogen-bond acceptors (Lipinski definition) is 4. The summed E-state index contributed by atoms with van der Waals surface area (Å²) in [6.45, 7) is 2.72. The van der Waals surface area contributed by atoms with Gasteiger partial charge in [-0.15, -0.1) is 0 Å².